The lowest BCUT2D eigenvalue weighted by molar-refractivity contribution is -0.0480. The second-order valence-electron chi connectivity index (χ2n) is 7.91. The first-order chi connectivity index (χ1) is 16.0. The highest BCUT2D eigenvalue weighted by Gasteiger charge is 2.12. The number of rotatable bonds is 2. The summed E-state index contributed by atoms with van der Waals surface area (Å²) in [4.78, 5) is 16.5. The first-order valence-corrected chi connectivity index (χ1v) is 11.2. The quantitative estimate of drug-likeness (QED) is 0.632. The zero-order valence-corrected chi connectivity index (χ0v) is 19.6. The Morgan fingerprint density at radius 3 is 1.85 bits per heavy atom. The summed E-state index contributed by atoms with van der Waals surface area (Å²) in [6, 6.07) is 11.3. The van der Waals surface area contributed by atoms with Gasteiger partial charge in [-0.3, -0.25) is 4.98 Å². The van der Waals surface area contributed by atoms with Crippen LogP contribution in [0, 0.1) is 0 Å². The molecular formula is C25H33NO7. The van der Waals surface area contributed by atoms with Crippen LogP contribution in [-0.4, -0.2) is 69.9 Å². The molecule has 0 N–H and O–H groups in total. The summed E-state index contributed by atoms with van der Waals surface area (Å²) in [6.45, 7) is 7.63. The molecule has 2 heterocycles. The molecule has 1 aliphatic heterocycles. The molecule has 0 aliphatic carbocycles. The molecule has 33 heavy (non-hydrogen) atoms. The lowest BCUT2D eigenvalue weighted by Crippen LogP contribution is -2.20. The number of aromatic nitrogens is 1. The summed E-state index contributed by atoms with van der Waals surface area (Å²) >= 11 is 0. The molecule has 0 fully saturated rings. The summed E-state index contributed by atoms with van der Waals surface area (Å²) < 4.78 is 33.4. The van der Waals surface area contributed by atoms with Crippen LogP contribution < -0.4 is 0 Å². The molecule has 2 aromatic rings. The summed E-state index contributed by atoms with van der Waals surface area (Å²) in [7, 11) is 1.37. The molecule has 3 rings (SSSR count). The second kappa shape index (κ2) is 13.4. The third-order valence-corrected chi connectivity index (χ3v) is 5.05. The lowest BCUT2D eigenvalue weighted by atomic mass is 10.0. The molecule has 0 spiro atoms. The first kappa shape index (κ1) is 25.3. The Hall–Kier alpha value is -2.36. The average molecular weight is 460 g/mol. The summed E-state index contributed by atoms with van der Waals surface area (Å²) in [5, 5.41) is 0. The maximum atomic E-state index is 11.7. The van der Waals surface area contributed by atoms with Crippen LogP contribution in [0.15, 0.2) is 36.4 Å². The van der Waals surface area contributed by atoms with Crippen LogP contribution in [0.2, 0.25) is 0 Å². The van der Waals surface area contributed by atoms with E-state index in [2.05, 4.69) is 0 Å². The van der Waals surface area contributed by atoms with Gasteiger partial charge in [-0.1, -0.05) is 12.1 Å². The number of hydrogen-bond acceptors (Lipinski definition) is 8. The molecule has 8 heteroatoms. The van der Waals surface area contributed by atoms with Crippen LogP contribution in [0.1, 0.15) is 35.6 Å². The van der Waals surface area contributed by atoms with Crippen molar-refractivity contribution in [3.8, 4) is 11.1 Å². The molecule has 0 unspecified atom stereocenters. The molecule has 2 atom stereocenters. The predicted molar refractivity (Wildman–Crippen MR) is 122 cm³/mol. The van der Waals surface area contributed by atoms with Crippen molar-refractivity contribution in [3.63, 3.8) is 0 Å². The minimum absolute atomic E-state index is 0.0864. The summed E-state index contributed by atoms with van der Waals surface area (Å²) in [5.74, 6) is -0.363. The van der Waals surface area contributed by atoms with E-state index < -0.39 is 0 Å². The van der Waals surface area contributed by atoms with Gasteiger partial charge in [0.25, 0.3) is 0 Å². The molecule has 1 aromatic carbocycles. The minimum atomic E-state index is -0.363. The molecular weight excluding hydrogens is 426 g/mol. The summed E-state index contributed by atoms with van der Waals surface area (Å²) in [6.07, 6.45) is -0.173. The highest BCUT2D eigenvalue weighted by Crippen LogP contribution is 2.23. The Morgan fingerprint density at radius 1 is 0.818 bits per heavy atom. The highest BCUT2D eigenvalue weighted by atomic mass is 16.6. The molecule has 180 valence electrons. The largest absolute Gasteiger partial charge is 0.465 e. The van der Waals surface area contributed by atoms with Crippen molar-refractivity contribution in [1.29, 1.82) is 0 Å². The zero-order chi connectivity index (χ0) is 23.5. The number of benzene rings is 1. The third kappa shape index (κ3) is 8.49. The van der Waals surface area contributed by atoms with Gasteiger partial charge in [-0.15, -0.1) is 0 Å². The van der Waals surface area contributed by atoms with E-state index in [-0.39, 0.29) is 18.2 Å². The van der Waals surface area contributed by atoms with E-state index in [1.165, 1.54) is 7.11 Å². The number of methoxy groups -OCH3 is 1. The van der Waals surface area contributed by atoms with Gasteiger partial charge in [-0.25, -0.2) is 4.79 Å². The van der Waals surface area contributed by atoms with Gasteiger partial charge < -0.3 is 28.4 Å². The van der Waals surface area contributed by atoms with E-state index in [0.29, 0.717) is 58.4 Å². The van der Waals surface area contributed by atoms with Crippen molar-refractivity contribution in [2.24, 2.45) is 0 Å². The van der Waals surface area contributed by atoms with Crippen molar-refractivity contribution in [2.45, 2.75) is 39.3 Å². The predicted octanol–water partition coefficient (Wildman–Crippen LogP) is 3.41. The maximum Gasteiger partial charge on any atom is 0.337 e. The lowest BCUT2D eigenvalue weighted by Gasteiger charge is -2.17. The van der Waals surface area contributed by atoms with E-state index in [9.17, 15) is 4.79 Å². The molecule has 2 bridgehead atoms. The minimum Gasteiger partial charge on any atom is -0.465 e. The van der Waals surface area contributed by atoms with E-state index in [1.54, 1.807) is 12.1 Å². The Kier molecular flexibility index (Phi) is 10.2. The number of carbonyl (C=O) groups is 1. The van der Waals surface area contributed by atoms with Gasteiger partial charge in [0.15, 0.2) is 0 Å². The summed E-state index contributed by atoms with van der Waals surface area (Å²) in [5.41, 5.74) is 4.02. The fourth-order valence-corrected chi connectivity index (χ4v) is 3.27. The molecule has 8 nitrogen and oxygen atoms in total. The van der Waals surface area contributed by atoms with E-state index in [1.807, 2.05) is 38.1 Å². The van der Waals surface area contributed by atoms with Crippen molar-refractivity contribution < 1.29 is 33.2 Å². The first-order valence-electron chi connectivity index (χ1n) is 11.2. The SMILES string of the molecule is COC(=O)c1ccc(-c2cc3nc(c2)CO[C@@H](C)COCCOCCOC[C@H](C)OC3)cc1. The van der Waals surface area contributed by atoms with Crippen LogP contribution >= 0.6 is 0 Å². The number of hydrogen-bond donors (Lipinski definition) is 0. The molecule has 0 saturated heterocycles. The Morgan fingerprint density at radius 2 is 1.33 bits per heavy atom. The zero-order valence-electron chi connectivity index (χ0n) is 19.6. The molecule has 0 radical (unpaired) electrons. The smallest absolute Gasteiger partial charge is 0.337 e. The van der Waals surface area contributed by atoms with Crippen LogP contribution in [0.3, 0.4) is 0 Å². The van der Waals surface area contributed by atoms with Gasteiger partial charge in [0.05, 0.1) is 89.1 Å². The Bertz CT molecular complexity index is 833. The number of ether oxygens (including phenoxy) is 6. The Labute approximate surface area is 195 Å². The molecule has 0 saturated carbocycles. The van der Waals surface area contributed by atoms with E-state index in [0.717, 1.165) is 22.5 Å². The number of nitrogens with zero attached hydrogens (tertiary/aromatic N) is 1. The Balaban J connectivity index is 1.78. The normalized spacial score (nSPS) is 21.5. The van der Waals surface area contributed by atoms with Crippen LogP contribution in [0.4, 0.5) is 0 Å². The fourth-order valence-electron chi connectivity index (χ4n) is 3.27. The van der Waals surface area contributed by atoms with Crippen molar-refractivity contribution in [2.75, 3.05) is 46.8 Å². The van der Waals surface area contributed by atoms with Gasteiger partial charge in [-0.05, 0) is 49.2 Å². The van der Waals surface area contributed by atoms with Gasteiger partial charge >= 0.3 is 5.97 Å². The van der Waals surface area contributed by atoms with Crippen LogP contribution in [0.25, 0.3) is 11.1 Å². The number of fused-ring (bicyclic) bond motifs is 2. The standard InChI is InChI=1S/C25H33NO7/c1-18-14-30-10-8-29-9-11-31-15-19(2)33-17-24-13-22(12-23(26-24)16-32-18)20-4-6-21(7-5-20)25(27)28-3/h4-7,12-13,18-19H,8-11,14-17H2,1-3H3/t18-,19-/m0/s1. The fraction of sp³-hybridized carbons (Fsp3) is 0.520. The van der Waals surface area contributed by atoms with Crippen molar-refractivity contribution in [3.05, 3.63) is 53.3 Å². The van der Waals surface area contributed by atoms with Gasteiger partial charge in [0, 0.05) is 0 Å². The number of esters is 1. The monoisotopic (exact) mass is 459 g/mol. The third-order valence-electron chi connectivity index (χ3n) is 5.05. The van der Waals surface area contributed by atoms with Gasteiger partial charge in [-0.2, -0.15) is 0 Å². The maximum absolute atomic E-state index is 11.7. The van der Waals surface area contributed by atoms with E-state index in [4.69, 9.17) is 33.4 Å². The van der Waals surface area contributed by atoms with Crippen molar-refractivity contribution in [1.82, 2.24) is 4.98 Å². The number of pyridine rings is 1. The molecule has 1 aliphatic rings. The molecule has 0 amide bonds. The van der Waals surface area contributed by atoms with Gasteiger partial charge in [0.2, 0.25) is 0 Å². The average Bonchev–Trinajstić information content (AvgIpc) is 2.84. The molecule has 1 aromatic heterocycles. The van der Waals surface area contributed by atoms with Crippen LogP contribution in [-0.2, 0) is 41.6 Å². The topological polar surface area (TPSA) is 85.3 Å². The van der Waals surface area contributed by atoms with Gasteiger partial charge in [0.1, 0.15) is 0 Å². The highest BCUT2D eigenvalue weighted by molar-refractivity contribution is 5.89. The second-order valence-corrected chi connectivity index (χ2v) is 7.91. The van der Waals surface area contributed by atoms with E-state index >= 15 is 0 Å². The van der Waals surface area contributed by atoms with Crippen LogP contribution in [0.5, 0.6) is 0 Å². The van der Waals surface area contributed by atoms with Crippen molar-refractivity contribution >= 4 is 5.97 Å². The number of carbonyl (C=O) groups excluding carboxylic acids is 1.